The fraction of sp³-hybridized carbons (Fsp3) is 0.167. The fourth-order valence-electron chi connectivity index (χ4n) is 1.72. The SMILES string of the molecule is Cc1c(C(=O)O)nn(-c2cccc(C(F)(F)F)c2)c1N. The van der Waals surface area contributed by atoms with Crippen LogP contribution in [0, 0.1) is 6.92 Å². The normalized spacial score (nSPS) is 11.6. The lowest BCUT2D eigenvalue weighted by Crippen LogP contribution is -2.08. The summed E-state index contributed by atoms with van der Waals surface area (Å²) >= 11 is 0. The minimum atomic E-state index is -4.50. The lowest BCUT2D eigenvalue weighted by molar-refractivity contribution is -0.137. The molecule has 0 spiro atoms. The molecule has 0 aliphatic heterocycles. The van der Waals surface area contributed by atoms with Crippen molar-refractivity contribution in [2.75, 3.05) is 5.73 Å². The van der Waals surface area contributed by atoms with Crippen molar-refractivity contribution in [1.29, 1.82) is 0 Å². The number of aromatic nitrogens is 2. The molecule has 8 heteroatoms. The number of rotatable bonds is 2. The molecule has 0 radical (unpaired) electrons. The molecule has 3 N–H and O–H groups in total. The summed E-state index contributed by atoms with van der Waals surface area (Å²) in [6.45, 7) is 1.44. The van der Waals surface area contributed by atoms with Crippen LogP contribution in [-0.2, 0) is 6.18 Å². The first kappa shape index (κ1) is 13.9. The molecule has 0 saturated carbocycles. The Hall–Kier alpha value is -2.51. The molecule has 2 rings (SSSR count). The highest BCUT2D eigenvalue weighted by Crippen LogP contribution is 2.31. The van der Waals surface area contributed by atoms with Crippen LogP contribution in [-0.4, -0.2) is 20.9 Å². The lowest BCUT2D eigenvalue weighted by Gasteiger charge is -2.09. The zero-order valence-corrected chi connectivity index (χ0v) is 10.3. The first-order valence-corrected chi connectivity index (χ1v) is 5.48. The molecule has 0 unspecified atom stereocenters. The molecule has 1 heterocycles. The molecule has 0 fully saturated rings. The second kappa shape index (κ2) is 4.55. The van der Waals surface area contributed by atoms with E-state index in [2.05, 4.69) is 5.10 Å². The van der Waals surface area contributed by atoms with Crippen LogP contribution in [0.15, 0.2) is 24.3 Å². The number of carboxylic acids is 1. The maximum absolute atomic E-state index is 12.6. The molecular weight excluding hydrogens is 275 g/mol. The van der Waals surface area contributed by atoms with E-state index in [0.717, 1.165) is 16.8 Å². The van der Waals surface area contributed by atoms with Crippen LogP contribution in [0.1, 0.15) is 21.6 Å². The molecule has 0 atom stereocenters. The first-order chi connectivity index (χ1) is 9.21. The van der Waals surface area contributed by atoms with Crippen LogP contribution in [0.4, 0.5) is 19.0 Å². The van der Waals surface area contributed by atoms with E-state index in [1.165, 1.54) is 19.1 Å². The van der Waals surface area contributed by atoms with E-state index in [1.807, 2.05) is 0 Å². The van der Waals surface area contributed by atoms with Gasteiger partial charge in [0.15, 0.2) is 5.69 Å². The van der Waals surface area contributed by atoms with Gasteiger partial charge in [-0.1, -0.05) is 6.07 Å². The largest absolute Gasteiger partial charge is 0.476 e. The quantitative estimate of drug-likeness (QED) is 0.888. The van der Waals surface area contributed by atoms with E-state index in [9.17, 15) is 18.0 Å². The highest BCUT2D eigenvalue weighted by atomic mass is 19.4. The predicted octanol–water partition coefficient (Wildman–Crippen LogP) is 2.48. The third-order valence-electron chi connectivity index (χ3n) is 2.79. The van der Waals surface area contributed by atoms with E-state index in [-0.39, 0.29) is 22.8 Å². The Balaban J connectivity index is 2.58. The van der Waals surface area contributed by atoms with Crippen LogP contribution in [0.2, 0.25) is 0 Å². The lowest BCUT2D eigenvalue weighted by atomic mass is 10.2. The minimum absolute atomic E-state index is 0.0123. The number of nitrogens with zero attached hydrogens (tertiary/aromatic N) is 2. The molecule has 0 saturated heterocycles. The second-order valence-corrected chi connectivity index (χ2v) is 4.12. The zero-order chi connectivity index (χ0) is 15.1. The third kappa shape index (κ3) is 2.31. The van der Waals surface area contributed by atoms with Crippen LogP contribution in [0.25, 0.3) is 5.69 Å². The average Bonchev–Trinajstić information content (AvgIpc) is 2.66. The number of nitrogen functional groups attached to an aromatic ring is 1. The Bertz CT molecular complexity index is 677. The monoisotopic (exact) mass is 285 g/mol. The van der Waals surface area contributed by atoms with Crippen molar-refractivity contribution in [1.82, 2.24) is 9.78 Å². The number of alkyl halides is 3. The van der Waals surface area contributed by atoms with Gasteiger partial charge in [-0.05, 0) is 25.1 Å². The topological polar surface area (TPSA) is 81.1 Å². The number of carboxylic acid groups (broad SMARTS) is 1. The number of carbonyl (C=O) groups is 1. The van der Waals surface area contributed by atoms with Crippen molar-refractivity contribution in [3.63, 3.8) is 0 Å². The van der Waals surface area contributed by atoms with Gasteiger partial charge in [-0.2, -0.15) is 18.3 Å². The molecule has 0 aliphatic rings. The van der Waals surface area contributed by atoms with Crippen molar-refractivity contribution >= 4 is 11.8 Å². The Morgan fingerprint density at radius 1 is 1.40 bits per heavy atom. The Morgan fingerprint density at radius 3 is 2.55 bits per heavy atom. The Labute approximate surface area is 111 Å². The summed E-state index contributed by atoms with van der Waals surface area (Å²) in [6, 6.07) is 4.33. The van der Waals surface area contributed by atoms with Crippen molar-refractivity contribution in [2.45, 2.75) is 13.1 Å². The van der Waals surface area contributed by atoms with Gasteiger partial charge in [0.25, 0.3) is 0 Å². The summed E-state index contributed by atoms with van der Waals surface area (Å²) in [6.07, 6.45) is -4.50. The van der Waals surface area contributed by atoms with Gasteiger partial charge in [0.2, 0.25) is 0 Å². The fourth-order valence-corrected chi connectivity index (χ4v) is 1.72. The molecule has 5 nitrogen and oxygen atoms in total. The van der Waals surface area contributed by atoms with Crippen LogP contribution in [0.5, 0.6) is 0 Å². The van der Waals surface area contributed by atoms with Gasteiger partial charge < -0.3 is 10.8 Å². The highest BCUT2D eigenvalue weighted by Gasteiger charge is 2.31. The van der Waals surface area contributed by atoms with Crippen molar-refractivity contribution in [3.05, 3.63) is 41.1 Å². The summed E-state index contributed by atoms with van der Waals surface area (Å²) < 4.78 is 38.9. The highest BCUT2D eigenvalue weighted by molar-refractivity contribution is 5.88. The first-order valence-electron chi connectivity index (χ1n) is 5.48. The minimum Gasteiger partial charge on any atom is -0.476 e. The smallest absolute Gasteiger partial charge is 0.416 e. The van der Waals surface area contributed by atoms with Gasteiger partial charge in [-0.25, -0.2) is 9.48 Å². The third-order valence-corrected chi connectivity index (χ3v) is 2.79. The number of aromatic carboxylic acids is 1. The standard InChI is InChI=1S/C12H10F3N3O2/c1-6-9(11(19)20)17-18(10(6)16)8-4-2-3-7(5-8)12(13,14)15/h2-5H,16H2,1H3,(H,19,20). The van der Waals surface area contributed by atoms with Gasteiger partial charge in [-0.3, -0.25) is 0 Å². The molecule has 20 heavy (non-hydrogen) atoms. The number of hydrogen-bond acceptors (Lipinski definition) is 3. The van der Waals surface area contributed by atoms with Crippen LogP contribution >= 0.6 is 0 Å². The predicted molar refractivity (Wildman–Crippen MR) is 64.7 cm³/mol. The maximum Gasteiger partial charge on any atom is 0.416 e. The van der Waals surface area contributed by atoms with E-state index >= 15 is 0 Å². The van der Waals surface area contributed by atoms with Gasteiger partial charge in [0.1, 0.15) is 5.82 Å². The summed E-state index contributed by atoms with van der Waals surface area (Å²) in [5, 5.41) is 12.6. The zero-order valence-electron chi connectivity index (χ0n) is 10.3. The molecular formula is C12H10F3N3O2. The number of anilines is 1. The average molecular weight is 285 g/mol. The number of benzene rings is 1. The summed E-state index contributed by atoms with van der Waals surface area (Å²) in [7, 11) is 0. The molecule has 1 aromatic carbocycles. The molecule has 106 valence electrons. The number of hydrogen-bond donors (Lipinski definition) is 2. The molecule has 0 aliphatic carbocycles. The van der Waals surface area contributed by atoms with Crippen molar-refractivity contribution in [2.24, 2.45) is 0 Å². The van der Waals surface area contributed by atoms with E-state index in [4.69, 9.17) is 10.8 Å². The molecule has 0 amide bonds. The van der Waals surface area contributed by atoms with Crippen LogP contribution in [0.3, 0.4) is 0 Å². The van der Waals surface area contributed by atoms with Gasteiger partial charge in [-0.15, -0.1) is 0 Å². The molecule has 0 bridgehead atoms. The molecule has 2 aromatic rings. The van der Waals surface area contributed by atoms with Gasteiger partial charge >= 0.3 is 12.1 Å². The summed E-state index contributed by atoms with van der Waals surface area (Å²) in [4.78, 5) is 10.9. The Morgan fingerprint density at radius 2 is 2.05 bits per heavy atom. The molecule has 1 aromatic heterocycles. The second-order valence-electron chi connectivity index (χ2n) is 4.12. The summed E-state index contributed by atoms with van der Waals surface area (Å²) in [5.41, 5.74) is 4.79. The van der Waals surface area contributed by atoms with E-state index < -0.39 is 17.7 Å². The van der Waals surface area contributed by atoms with E-state index in [0.29, 0.717) is 0 Å². The van der Waals surface area contributed by atoms with Crippen LogP contribution < -0.4 is 5.73 Å². The Kier molecular flexibility index (Phi) is 3.16. The van der Waals surface area contributed by atoms with Gasteiger partial charge in [0.05, 0.1) is 11.3 Å². The summed E-state index contributed by atoms with van der Waals surface area (Å²) in [5.74, 6) is -1.30. The van der Waals surface area contributed by atoms with E-state index in [1.54, 1.807) is 0 Å². The van der Waals surface area contributed by atoms with Crippen molar-refractivity contribution in [3.8, 4) is 5.69 Å². The van der Waals surface area contributed by atoms with Crippen molar-refractivity contribution < 1.29 is 23.1 Å². The number of nitrogens with two attached hydrogens (primary N) is 1. The maximum atomic E-state index is 12.6. The van der Waals surface area contributed by atoms with Gasteiger partial charge in [0, 0.05) is 5.56 Å². The number of halogens is 3.